The summed E-state index contributed by atoms with van der Waals surface area (Å²) in [6.07, 6.45) is 1.64. The fraction of sp³-hybridized carbons (Fsp3) is 0.455. The Kier molecular flexibility index (Phi) is 3.05. The second kappa shape index (κ2) is 4.49. The van der Waals surface area contributed by atoms with E-state index in [-0.39, 0.29) is 18.4 Å². The monoisotopic (exact) mass is 222 g/mol. The molecule has 0 saturated carbocycles. The number of aromatic nitrogens is 1. The Balaban J connectivity index is 2.24. The van der Waals surface area contributed by atoms with Crippen LogP contribution in [0.15, 0.2) is 18.3 Å². The number of anilines is 1. The van der Waals surface area contributed by atoms with E-state index >= 15 is 0 Å². The number of carbonyl (C=O) groups excluding carboxylic acids is 1. The van der Waals surface area contributed by atoms with Gasteiger partial charge < -0.3 is 15.2 Å². The van der Waals surface area contributed by atoms with Crippen molar-refractivity contribution in [3.63, 3.8) is 0 Å². The van der Waals surface area contributed by atoms with Gasteiger partial charge in [-0.05, 0) is 18.6 Å². The van der Waals surface area contributed by atoms with Crippen molar-refractivity contribution in [1.29, 1.82) is 0 Å². The summed E-state index contributed by atoms with van der Waals surface area (Å²) in [5, 5.41) is 11.8. The van der Waals surface area contributed by atoms with Crippen molar-refractivity contribution in [3.8, 4) is 5.75 Å². The molecule has 16 heavy (non-hydrogen) atoms. The molecule has 86 valence electrons. The molecule has 0 fully saturated rings. The molecule has 1 aliphatic heterocycles. The normalized spacial score (nSPS) is 20.6. The van der Waals surface area contributed by atoms with Crippen molar-refractivity contribution in [3.05, 3.63) is 18.3 Å². The Bertz CT molecular complexity index is 391. The zero-order valence-electron chi connectivity index (χ0n) is 9.01. The van der Waals surface area contributed by atoms with Crippen LogP contribution in [0.3, 0.4) is 0 Å². The van der Waals surface area contributed by atoms with E-state index in [1.54, 1.807) is 18.3 Å². The van der Waals surface area contributed by atoms with Gasteiger partial charge in [0, 0.05) is 18.7 Å². The average Bonchev–Trinajstić information content (AvgIpc) is 2.31. The molecule has 2 atom stereocenters. The summed E-state index contributed by atoms with van der Waals surface area (Å²) < 4.78 is 5.55. The van der Waals surface area contributed by atoms with Gasteiger partial charge >= 0.3 is 0 Å². The maximum Gasteiger partial charge on any atom is 0.267 e. The van der Waals surface area contributed by atoms with E-state index in [0.29, 0.717) is 18.0 Å². The molecule has 1 amide bonds. The number of rotatable bonds is 3. The van der Waals surface area contributed by atoms with Gasteiger partial charge in [-0.3, -0.25) is 4.79 Å². The minimum Gasteiger partial charge on any atom is -0.476 e. The van der Waals surface area contributed by atoms with Gasteiger partial charge in [0.1, 0.15) is 0 Å². The third-order valence-corrected chi connectivity index (χ3v) is 2.71. The van der Waals surface area contributed by atoms with Gasteiger partial charge in [0.2, 0.25) is 0 Å². The lowest BCUT2D eigenvalue weighted by atomic mass is 9.99. The van der Waals surface area contributed by atoms with Gasteiger partial charge in [-0.1, -0.05) is 6.92 Å². The van der Waals surface area contributed by atoms with Gasteiger partial charge in [0.05, 0.1) is 0 Å². The molecular formula is C11H14N2O3. The van der Waals surface area contributed by atoms with Gasteiger partial charge in [-0.2, -0.15) is 0 Å². The second-order valence-corrected chi connectivity index (χ2v) is 3.73. The lowest BCUT2D eigenvalue weighted by Crippen LogP contribution is -2.43. The minimum atomic E-state index is -0.633. The van der Waals surface area contributed by atoms with Gasteiger partial charge in [0.25, 0.3) is 5.91 Å². The molecule has 1 aliphatic rings. The molecule has 0 spiro atoms. The number of amides is 1. The summed E-state index contributed by atoms with van der Waals surface area (Å²) in [7, 11) is 0. The first kappa shape index (κ1) is 10.9. The smallest absolute Gasteiger partial charge is 0.267 e. The van der Waals surface area contributed by atoms with Crippen LogP contribution in [0.2, 0.25) is 0 Å². The van der Waals surface area contributed by atoms with Crippen molar-refractivity contribution in [1.82, 2.24) is 4.98 Å². The first-order valence-corrected chi connectivity index (χ1v) is 5.29. The number of fused-ring (bicyclic) bond motifs is 1. The quantitative estimate of drug-likeness (QED) is 0.793. The highest BCUT2D eigenvalue weighted by Crippen LogP contribution is 2.29. The highest BCUT2D eigenvalue weighted by Gasteiger charge is 2.33. The van der Waals surface area contributed by atoms with Crippen molar-refractivity contribution in [2.45, 2.75) is 19.4 Å². The number of hydrogen-bond acceptors (Lipinski definition) is 4. The van der Waals surface area contributed by atoms with E-state index in [9.17, 15) is 4.79 Å². The van der Waals surface area contributed by atoms with Crippen LogP contribution in [-0.2, 0) is 4.79 Å². The molecule has 0 aliphatic carbocycles. The first-order chi connectivity index (χ1) is 7.76. The number of nitrogens with one attached hydrogen (secondary N) is 1. The van der Waals surface area contributed by atoms with E-state index in [1.165, 1.54) is 0 Å². The standard InChI is InChI=1S/C11H14N2O3/c1-2-7(6-14)9-11(15)13-10-8(16-9)4-3-5-12-10/h3-5,7,9,14H,2,6H2,1H3,(H,12,13,15). The van der Waals surface area contributed by atoms with Crippen LogP contribution in [0, 0.1) is 5.92 Å². The number of pyridine rings is 1. The molecule has 1 aromatic heterocycles. The lowest BCUT2D eigenvalue weighted by Gasteiger charge is -2.29. The molecule has 0 bridgehead atoms. The fourth-order valence-corrected chi connectivity index (χ4v) is 1.71. The zero-order chi connectivity index (χ0) is 11.5. The van der Waals surface area contributed by atoms with Crippen molar-refractivity contribution < 1.29 is 14.6 Å². The summed E-state index contributed by atoms with van der Waals surface area (Å²) in [5.41, 5.74) is 0. The van der Waals surface area contributed by atoms with E-state index < -0.39 is 6.10 Å². The number of aliphatic hydroxyl groups excluding tert-OH is 1. The minimum absolute atomic E-state index is 0.0653. The highest BCUT2D eigenvalue weighted by molar-refractivity contribution is 5.96. The largest absolute Gasteiger partial charge is 0.476 e. The van der Waals surface area contributed by atoms with Gasteiger partial charge in [0.15, 0.2) is 17.7 Å². The molecule has 0 radical (unpaired) electrons. The molecular weight excluding hydrogens is 208 g/mol. The Morgan fingerprint density at radius 1 is 1.69 bits per heavy atom. The Hall–Kier alpha value is -1.62. The SMILES string of the molecule is CCC(CO)C1Oc2cccnc2NC1=O. The maximum atomic E-state index is 11.7. The predicted molar refractivity (Wildman–Crippen MR) is 58.1 cm³/mol. The van der Waals surface area contributed by atoms with Crippen molar-refractivity contribution in [2.24, 2.45) is 5.92 Å². The number of nitrogens with zero attached hydrogens (tertiary/aromatic N) is 1. The van der Waals surface area contributed by atoms with Crippen LogP contribution in [0.1, 0.15) is 13.3 Å². The lowest BCUT2D eigenvalue weighted by molar-refractivity contribution is -0.126. The fourth-order valence-electron chi connectivity index (χ4n) is 1.71. The third-order valence-electron chi connectivity index (χ3n) is 2.71. The summed E-state index contributed by atoms with van der Waals surface area (Å²) in [4.78, 5) is 15.7. The summed E-state index contributed by atoms with van der Waals surface area (Å²) in [6.45, 7) is 1.85. The van der Waals surface area contributed by atoms with Gasteiger partial charge in [-0.25, -0.2) is 4.98 Å². The summed E-state index contributed by atoms with van der Waals surface area (Å²) >= 11 is 0. The molecule has 0 saturated heterocycles. The van der Waals surface area contributed by atoms with E-state index in [1.807, 2.05) is 6.92 Å². The highest BCUT2D eigenvalue weighted by atomic mass is 16.5. The number of carbonyl (C=O) groups is 1. The van der Waals surface area contributed by atoms with Crippen LogP contribution in [0.5, 0.6) is 5.75 Å². The van der Waals surface area contributed by atoms with Crippen LogP contribution in [0.25, 0.3) is 0 Å². The van der Waals surface area contributed by atoms with Crippen molar-refractivity contribution in [2.75, 3.05) is 11.9 Å². The van der Waals surface area contributed by atoms with E-state index in [2.05, 4.69) is 10.3 Å². The molecule has 2 heterocycles. The average molecular weight is 222 g/mol. The molecule has 2 N–H and O–H groups in total. The topological polar surface area (TPSA) is 71.5 Å². The predicted octanol–water partition coefficient (Wildman–Crippen LogP) is 0.800. The summed E-state index contributed by atoms with van der Waals surface area (Å²) in [6, 6.07) is 3.49. The molecule has 2 unspecified atom stereocenters. The van der Waals surface area contributed by atoms with E-state index in [0.717, 1.165) is 0 Å². The molecule has 2 rings (SSSR count). The molecule has 1 aromatic rings. The third kappa shape index (κ3) is 1.86. The second-order valence-electron chi connectivity index (χ2n) is 3.73. The van der Waals surface area contributed by atoms with Crippen LogP contribution in [-0.4, -0.2) is 28.7 Å². The van der Waals surface area contributed by atoms with Crippen LogP contribution < -0.4 is 10.1 Å². The number of ether oxygens (including phenoxy) is 1. The number of hydrogen-bond donors (Lipinski definition) is 2. The van der Waals surface area contributed by atoms with Crippen LogP contribution >= 0.6 is 0 Å². The van der Waals surface area contributed by atoms with Crippen LogP contribution in [0.4, 0.5) is 5.82 Å². The molecule has 5 heteroatoms. The Morgan fingerprint density at radius 3 is 3.19 bits per heavy atom. The zero-order valence-corrected chi connectivity index (χ0v) is 9.01. The van der Waals surface area contributed by atoms with Gasteiger partial charge in [-0.15, -0.1) is 0 Å². The van der Waals surface area contributed by atoms with Crippen molar-refractivity contribution >= 4 is 11.7 Å². The first-order valence-electron chi connectivity index (χ1n) is 5.29. The van der Waals surface area contributed by atoms with E-state index in [4.69, 9.17) is 9.84 Å². The Morgan fingerprint density at radius 2 is 2.50 bits per heavy atom. The Labute approximate surface area is 93.5 Å². The summed E-state index contributed by atoms with van der Waals surface area (Å²) in [5.74, 6) is 0.566. The number of aliphatic hydroxyl groups is 1. The maximum absolute atomic E-state index is 11.7. The molecule has 0 aromatic carbocycles. The molecule has 5 nitrogen and oxygen atoms in total.